The van der Waals surface area contributed by atoms with Gasteiger partial charge in [0.15, 0.2) is 0 Å². The summed E-state index contributed by atoms with van der Waals surface area (Å²) in [5.41, 5.74) is 2.87. The highest BCUT2D eigenvalue weighted by atomic mass is 16.2. The maximum Gasteiger partial charge on any atom is 0.256 e. The van der Waals surface area contributed by atoms with Gasteiger partial charge in [-0.3, -0.25) is 4.79 Å². The van der Waals surface area contributed by atoms with Gasteiger partial charge in [0.2, 0.25) is 0 Å². The lowest BCUT2D eigenvalue weighted by atomic mass is 10.1. The van der Waals surface area contributed by atoms with Gasteiger partial charge in [-0.05, 0) is 25.5 Å². The maximum absolute atomic E-state index is 13.0. The van der Waals surface area contributed by atoms with Crippen LogP contribution in [0.5, 0.6) is 0 Å². The number of nitrogens with zero attached hydrogens (tertiary/aromatic N) is 1. The highest BCUT2D eigenvalue weighted by Crippen LogP contribution is 2.21. The summed E-state index contributed by atoms with van der Waals surface area (Å²) in [5.74, 6) is 0.0660. The molecule has 0 aliphatic heterocycles. The van der Waals surface area contributed by atoms with Crippen molar-refractivity contribution in [1.82, 2.24) is 9.88 Å². The van der Waals surface area contributed by atoms with Crippen molar-refractivity contribution >= 4 is 16.8 Å². The number of rotatable bonds is 4. The highest BCUT2D eigenvalue weighted by molar-refractivity contribution is 6.06. The van der Waals surface area contributed by atoms with E-state index >= 15 is 0 Å². The van der Waals surface area contributed by atoms with Crippen LogP contribution in [0.15, 0.2) is 60.8 Å². The summed E-state index contributed by atoms with van der Waals surface area (Å²) < 4.78 is 0. The SMILES string of the molecule is CC(C)N(Cc1ccccc1)C(=O)c1c[nH]c2ccccc12. The summed E-state index contributed by atoms with van der Waals surface area (Å²) >= 11 is 0. The Kier molecular flexibility index (Phi) is 3.96. The zero-order valence-corrected chi connectivity index (χ0v) is 12.9. The predicted molar refractivity (Wildman–Crippen MR) is 89.8 cm³/mol. The first kappa shape index (κ1) is 14.4. The van der Waals surface area contributed by atoms with Gasteiger partial charge in [-0.1, -0.05) is 48.5 Å². The Labute approximate surface area is 130 Å². The van der Waals surface area contributed by atoms with Crippen LogP contribution in [-0.4, -0.2) is 21.8 Å². The van der Waals surface area contributed by atoms with E-state index < -0.39 is 0 Å². The predicted octanol–water partition coefficient (Wildman–Crippen LogP) is 4.22. The van der Waals surface area contributed by atoms with Crippen molar-refractivity contribution < 1.29 is 4.79 Å². The van der Waals surface area contributed by atoms with E-state index in [4.69, 9.17) is 0 Å². The van der Waals surface area contributed by atoms with Crippen molar-refractivity contribution in [3.05, 3.63) is 71.9 Å². The molecule has 112 valence electrons. The lowest BCUT2D eigenvalue weighted by molar-refractivity contribution is 0.0692. The minimum absolute atomic E-state index is 0.0660. The minimum atomic E-state index is 0.0660. The Hall–Kier alpha value is -2.55. The van der Waals surface area contributed by atoms with Gasteiger partial charge < -0.3 is 9.88 Å². The van der Waals surface area contributed by atoms with Gasteiger partial charge in [-0.2, -0.15) is 0 Å². The fraction of sp³-hybridized carbons (Fsp3) is 0.211. The van der Waals surface area contributed by atoms with E-state index in [-0.39, 0.29) is 11.9 Å². The third-order valence-corrected chi connectivity index (χ3v) is 3.90. The van der Waals surface area contributed by atoms with Crippen LogP contribution in [-0.2, 0) is 6.54 Å². The van der Waals surface area contributed by atoms with Crippen molar-refractivity contribution in [3.8, 4) is 0 Å². The average Bonchev–Trinajstić information content (AvgIpc) is 2.97. The molecular weight excluding hydrogens is 272 g/mol. The molecule has 0 spiro atoms. The fourth-order valence-corrected chi connectivity index (χ4v) is 2.67. The van der Waals surface area contributed by atoms with Crippen molar-refractivity contribution in [2.24, 2.45) is 0 Å². The summed E-state index contributed by atoms with van der Waals surface area (Å²) in [6.07, 6.45) is 1.81. The average molecular weight is 292 g/mol. The Morgan fingerprint density at radius 3 is 2.45 bits per heavy atom. The number of carbonyl (C=O) groups is 1. The van der Waals surface area contributed by atoms with Crippen LogP contribution in [0.3, 0.4) is 0 Å². The molecule has 1 N–H and O–H groups in total. The molecule has 0 atom stereocenters. The number of hydrogen-bond donors (Lipinski definition) is 1. The third kappa shape index (κ3) is 2.75. The van der Waals surface area contributed by atoms with E-state index in [0.717, 1.165) is 22.0 Å². The Bertz CT molecular complexity index is 774. The molecule has 3 heteroatoms. The van der Waals surface area contributed by atoms with E-state index in [9.17, 15) is 4.79 Å². The first-order valence-electron chi connectivity index (χ1n) is 7.58. The van der Waals surface area contributed by atoms with E-state index in [0.29, 0.717) is 6.54 Å². The lowest BCUT2D eigenvalue weighted by Crippen LogP contribution is -2.36. The van der Waals surface area contributed by atoms with Crippen LogP contribution in [0.4, 0.5) is 0 Å². The molecule has 0 fully saturated rings. The van der Waals surface area contributed by atoms with Crippen LogP contribution < -0.4 is 0 Å². The minimum Gasteiger partial charge on any atom is -0.360 e. The van der Waals surface area contributed by atoms with Crippen molar-refractivity contribution in [2.75, 3.05) is 0 Å². The second-order valence-corrected chi connectivity index (χ2v) is 5.76. The van der Waals surface area contributed by atoms with Crippen LogP contribution in [0.25, 0.3) is 10.9 Å². The number of fused-ring (bicyclic) bond motifs is 1. The number of para-hydroxylation sites is 1. The molecule has 3 rings (SSSR count). The van der Waals surface area contributed by atoms with Gasteiger partial charge in [0, 0.05) is 29.7 Å². The van der Waals surface area contributed by atoms with E-state index in [1.54, 1.807) is 0 Å². The number of aromatic nitrogens is 1. The third-order valence-electron chi connectivity index (χ3n) is 3.90. The zero-order chi connectivity index (χ0) is 15.5. The molecule has 1 aromatic heterocycles. The molecule has 22 heavy (non-hydrogen) atoms. The number of nitrogens with one attached hydrogen (secondary N) is 1. The van der Waals surface area contributed by atoms with E-state index in [1.807, 2.05) is 53.6 Å². The second kappa shape index (κ2) is 6.06. The molecule has 1 amide bonds. The highest BCUT2D eigenvalue weighted by Gasteiger charge is 2.21. The fourth-order valence-electron chi connectivity index (χ4n) is 2.67. The number of amides is 1. The number of benzene rings is 2. The molecule has 0 bridgehead atoms. The topological polar surface area (TPSA) is 36.1 Å². The number of H-pyrrole nitrogens is 1. The molecule has 2 aromatic carbocycles. The maximum atomic E-state index is 13.0. The molecular formula is C19H20N2O. The lowest BCUT2D eigenvalue weighted by Gasteiger charge is -2.26. The van der Waals surface area contributed by atoms with Gasteiger partial charge in [0.1, 0.15) is 0 Å². The van der Waals surface area contributed by atoms with Crippen LogP contribution >= 0.6 is 0 Å². The zero-order valence-electron chi connectivity index (χ0n) is 12.9. The molecule has 3 nitrogen and oxygen atoms in total. The quantitative estimate of drug-likeness (QED) is 0.768. The monoisotopic (exact) mass is 292 g/mol. The number of hydrogen-bond acceptors (Lipinski definition) is 1. The van der Waals surface area contributed by atoms with Gasteiger partial charge in [0.05, 0.1) is 5.56 Å². The molecule has 0 aliphatic rings. The largest absolute Gasteiger partial charge is 0.360 e. The second-order valence-electron chi connectivity index (χ2n) is 5.76. The Balaban J connectivity index is 1.93. The summed E-state index contributed by atoms with van der Waals surface area (Å²) in [6, 6.07) is 18.2. The van der Waals surface area contributed by atoms with Crippen molar-refractivity contribution in [2.45, 2.75) is 26.4 Å². The van der Waals surface area contributed by atoms with Gasteiger partial charge in [-0.25, -0.2) is 0 Å². The van der Waals surface area contributed by atoms with Crippen molar-refractivity contribution in [1.29, 1.82) is 0 Å². The molecule has 1 heterocycles. The van der Waals surface area contributed by atoms with E-state index in [1.165, 1.54) is 0 Å². The normalized spacial score (nSPS) is 11.0. The Morgan fingerprint density at radius 2 is 1.73 bits per heavy atom. The summed E-state index contributed by atoms with van der Waals surface area (Å²) in [4.78, 5) is 18.1. The first-order valence-corrected chi connectivity index (χ1v) is 7.58. The van der Waals surface area contributed by atoms with Gasteiger partial charge in [0.25, 0.3) is 5.91 Å². The smallest absolute Gasteiger partial charge is 0.256 e. The molecule has 0 aliphatic carbocycles. The van der Waals surface area contributed by atoms with Crippen LogP contribution in [0, 0.1) is 0 Å². The molecule has 3 aromatic rings. The molecule has 0 saturated carbocycles. The van der Waals surface area contributed by atoms with Gasteiger partial charge >= 0.3 is 0 Å². The summed E-state index contributed by atoms with van der Waals surface area (Å²) in [5, 5.41) is 0.978. The summed E-state index contributed by atoms with van der Waals surface area (Å²) in [7, 11) is 0. The first-order chi connectivity index (χ1) is 10.7. The van der Waals surface area contributed by atoms with Crippen LogP contribution in [0.2, 0.25) is 0 Å². The van der Waals surface area contributed by atoms with Gasteiger partial charge in [-0.15, -0.1) is 0 Å². The Morgan fingerprint density at radius 1 is 1.05 bits per heavy atom. The van der Waals surface area contributed by atoms with Crippen molar-refractivity contribution in [3.63, 3.8) is 0 Å². The molecule has 0 unspecified atom stereocenters. The van der Waals surface area contributed by atoms with E-state index in [2.05, 4.69) is 31.0 Å². The standard InChI is InChI=1S/C19H20N2O/c1-14(2)21(13-15-8-4-3-5-9-15)19(22)17-12-20-18-11-7-6-10-16(17)18/h3-12,14,20H,13H2,1-2H3. The molecule has 0 radical (unpaired) electrons. The number of aromatic amines is 1. The molecule has 0 saturated heterocycles. The van der Waals surface area contributed by atoms with Crippen LogP contribution in [0.1, 0.15) is 29.8 Å². The summed E-state index contributed by atoms with van der Waals surface area (Å²) in [6.45, 7) is 4.72. The number of carbonyl (C=O) groups excluding carboxylic acids is 1.